The molecule has 0 aromatic carbocycles. The number of allylic oxidation sites excluding steroid dienone is 3. The Hall–Kier alpha value is -1.91. The predicted octanol–water partition coefficient (Wildman–Crippen LogP) is 9.21. The van der Waals surface area contributed by atoms with Crippen LogP contribution in [0.5, 0.6) is 0 Å². The molecule has 39 heavy (non-hydrogen) atoms. The molecule has 5 unspecified atom stereocenters. The highest BCUT2D eigenvalue weighted by molar-refractivity contribution is 5.85. The maximum Gasteiger partial charge on any atom is 0.330 e. The zero-order valence-electron chi connectivity index (χ0n) is 26.3. The van der Waals surface area contributed by atoms with E-state index in [0.717, 1.165) is 43.1 Å². The fourth-order valence-corrected chi connectivity index (χ4v) is 6.03. The normalized spacial score (nSPS) is 29.9. The Bertz CT molecular complexity index is 834. The third-order valence-electron chi connectivity index (χ3n) is 8.67. The quantitative estimate of drug-likeness (QED) is 0.210. The molecule has 0 spiro atoms. The lowest BCUT2D eigenvalue weighted by atomic mass is 9.64. The van der Waals surface area contributed by atoms with Crippen LogP contribution in [0.25, 0.3) is 0 Å². The largest absolute Gasteiger partial charge is 0.478 e. The Morgan fingerprint density at radius 1 is 1.10 bits per heavy atom. The van der Waals surface area contributed by atoms with Gasteiger partial charge in [0.25, 0.3) is 0 Å². The number of aliphatic carboxylic acids is 1. The zero-order chi connectivity index (χ0) is 30.0. The molecule has 4 heteroatoms. The van der Waals surface area contributed by atoms with E-state index in [1.165, 1.54) is 37.7 Å². The first-order valence-corrected chi connectivity index (χ1v) is 15.6. The van der Waals surface area contributed by atoms with Gasteiger partial charge in [0.1, 0.15) is 0 Å². The van der Waals surface area contributed by atoms with Gasteiger partial charge in [-0.2, -0.15) is 0 Å². The van der Waals surface area contributed by atoms with Crippen molar-refractivity contribution in [3.05, 3.63) is 59.8 Å². The topological polar surface area (TPSA) is 77.8 Å². The van der Waals surface area contributed by atoms with Crippen molar-refractivity contribution in [3.8, 4) is 0 Å². The average Bonchev–Trinajstić information content (AvgIpc) is 3.26. The minimum Gasteiger partial charge on any atom is -0.478 e. The second kappa shape index (κ2) is 20.0. The molecule has 3 rings (SSSR count). The van der Waals surface area contributed by atoms with E-state index in [1.54, 1.807) is 5.57 Å². The average molecular weight is 545 g/mol. The fourth-order valence-electron chi connectivity index (χ4n) is 6.03. The minimum absolute atomic E-state index is 0.132. The van der Waals surface area contributed by atoms with Crippen LogP contribution in [-0.2, 0) is 4.79 Å². The van der Waals surface area contributed by atoms with Crippen LogP contribution in [0.1, 0.15) is 119 Å². The zero-order valence-corrected chi connectivity index (χ0v) is 26.3. The first-order valence-electron chi connectivity index (χ1n) is 15.6. The van der Waals surface area contributed by atoms with Crippen molar-refractivity contribution in [1.29, 1.82) is 0 Å². The number of hydrogen-bond donors (Lipinski definition) is 3. The number of carbonyl (C=O) groups is 1. The fraction of sp³-hybridized carbons (Fsp3) is 0.686. The molecular weight excluding hydrogens is 484 g/mol. The molecule has 3 N–H and O–H groups in total. The van der Waals surface area contributed by atoms with Crippen LogP contribution in [0.2, 0.25) is 0 Å². The van der Waals surface area contributed by atoms with Gasteiger partial charge < -0.3 is 15.3 Å². The third-order valence-corrected chi connectivity index (χ3v) is 8.67. The summed E-state index contributed by atoms with van der Waals surface area (Å²) in [5.74, 6) is 0.844. The Kier molecular flexibility index (Phi) is 19.1. The molecule has 224 valence electrons. The first kappa shape index (κ1) is 37.1. The Morgan fingerprint density at radius 2 is 1.77 bits per heavy atom. The summed E-state index contributed by atoms with van der Waals surface area (Å²) in [6, 6.07) is 0. The predicted molar refractivity (Wildman–Crippen MR) is 168 cm³/mol. The van der Waals surface area contributed by atoms with E-state index in [0.29, 0.717) is 23.8 Å². The van der Waals surface area contributed by atoms with Gasteiger partial charge in [-0.25, -0.2) is 4.79 Å². The number of carboxylic acid groups (broad SMARTS) is 1. The highest BCUT2D eigenvalue weighted by atomic mass is 16.4. The molecule has 0 amide bonds. The minimum atomic E-state index is -0.872. The van der Waals surface area contributed by atoms with E-state index < -0.39 is 12.1 Å². The van der Waals surface area contributed by atoms with Crippen LogP contribution < -0.4 is 0 Å². The first-order chi connectivity index (χ1) is 18.7. The van der Waals surface area contributed by atoms with Crippen molar-refractivity contribution in [2.24, 2.45) is 23.2 Å². The SMILES string of the molecule is C=C(CCCC)C(=O)O.C=C1/C(=C\C=C2/CCCC3(C)C(C)CCC23)CCC(C=CCCO)C1O.CC.CC. The van der Waals surface area contributed by atoms with E-state index in [9.17, 15) is 9.90 Å². The molecule has 5 atom stereocenters. The van der Waals surface area contributed by atoms with Crippen LogP contribution in [0, 0.1) is 23.2 Å². The summed E-state index contributed by atoms with van der Waals surface area (Å²) in [5.41, 5.74) is 4.54. The van der Waals surface area contributed by atoms with Crippen LogP contribution in [0.3, 0.4) is 0 Å². The lowest BCUT2D eigenvalue weighted by Crippen LogP contribution is -2.32. The molecule has 3 fully saturated rings. The van der Waals surface area contributed by atoms with Gasteiger partial charge in [-0.1, -0.05) is 97.9 Å². The summed E-state index contributed by atoms with van der Waals surface area (Å²) in [6.45, 7) is 22.7. The number of hydrogen-bond acceptors (Lipinski definition) is 3. The number of unbranched alkanes of at least 4 members (excludes halogenated alkanes) is 1. The van der Waals surface area contributed by atoms with Crippen LogP contribution in [-0.4, -0.2) is 34.0 Å². The van der Waals surface area contributed by atoms with Gasteiger partial charge in [0.2, 0.25) is 0 Å². The summed E-state index contributed by atoms with van der Waals surface area (Å²) >= 11 is 0. The van der Waals surface area contributed by atoms with Gasteiger partial charge in [-0.15, -0.1) is 0 Å². The number of carboxylic acids is 1. The van der Waals surface area contributed by atoms with Crippen molar-refractivity contribution in [2.75, 3.05) is 6.61 Å². The van der Waals surface area contributed by atoms with Gasteiger partial charge in [-0.3, -0.25) is 0 Å². The van der Waals surface area contributed by atoms with E-state index in [4.69, 9.17) is 10.2 Å². The molecule has 0 radical (unpaired) electrons. The molecule has 4 nitrogen and oxygen atoms in total. The van der Waals surface area contributed by atoms with Gasteiger partial charge in [-0.05, 0) is 92.6 Å². The van der Waals surface area contributed by atoms with Gasteiger partial charge >= 0.3 is 5.97 Å². The lowest BCUT2D eigenvalue weighted by molar-refractivity contribution is -0.132. The Balaban J connectivity index is 0.000000940. The monoisotopic (exact) mass is 544 g/mol. The van der Waals surface area contributed by atoms with Crippen molar-refractivity contribution >= 4 is 5.97 Å². The lowest BCUT2D eigenvalue weighted by Gasteiger charge is -2.41. The van der Waals surface area contributed by atoms with Gasteiger partial charge in [0, 0.05) is 18.1 Å². The standard InChI is InChI=1S/C24H36O2.C7H12O2.2C2H6/c1-17-9-14-22-20(8-6-15-24(17,22)3)12-10-19-11-13-21(7-4-5-16-25)23(26)18(19)2;1-3-4-5-6(2)7(8)9;2*1-2/h4,7,10,12,17,21-23,25-26H,2,5-6,8-9,11,13-16H2,1,3H3;2-5H2,1H3,(H,8,9);2*1-2H3/b7-4?,19-10-,20-12+;;;. The second-order valence-electron chi connectivity index (χ2n) is 10.9. The number of aliphatic hydroxyl groups excluding tert-OH is 2. The Labute approximate surface area is 240 Å². The van der Waals surface area contributed by atoms with Crippen molar-refractivity contribution in [3.63, 3.8) is 0 Å². The molecule has 0 saturated heterocycles. The molecule has 0 aromatic heterocycles. The smallest absolute Gasteiger partial charge is 0.330 e. The summed E-state index contributed by atoms with van der Waals surface area (Å²) in [4.78, 5) is 10.1. The van der Waals surface area contributed by atoms with E-state index in [-0.39, 0.29) is 12.5 Å². The Morgan fingerprint density at radius 3 is 2.36 bits per heavy atom. The van der Waals surface area contributed by atoms with Crippen LogP contribution >= 0.6 is 0 Å². The summed E-state index contributed by atoms with van der Waals surface area (Å²) < 4.78 is 0. The molecule has 3 saturated carbocycles. The maximum absolute atomic E-state index is 10.6. The van der Waals surface area contributed by atoms with Crippen LogP contribution in [0.4, 0.5) is 0 Å². The third kappa shape index (κ3) is 11.2. The summed E-state index contributed by atoms with van der Waals surface area (Å²) in [6.07, 6.45) is 19.9. The van der Waals surface area contributed by atoms with Gasteiger partial charge in [0.05, 0.1) is 6.10 Å². The molecule has 0 aliphatic heterocycles. The number of fused-ring (bicyclic) bond motifs is 1. The molecule has 0 bridgehead atoms. The second-order valence-corrected chi connectivity index (χ2v) is 10.9. The maximum atomic E-state index is 10.6. The summed E-state index contributed by atoms with van der Waals surface area (Å²) in [5, 5.41) is 27.8. The van der Waals surface area contributed by atoms with E-state index >= 15 is 0 Å². The van der Waals surface area contributed by atoms with E-state index in [2.05, 4.69) is 39.2 Å². The summed E-state index contributed by atoms with van der Waals surface area (Å²) in [7, 11) is 0. The molecule has 3 aliphatic carbocycles. The molecular formula is C35H60O4. The van der Waals surface area contributed by atoms with Crippen molar-refractivity contribution in [2.45, 2.75) is 125 Å². The van der Waals surface area contributed by atoms with Crippen molar-refractivity contribution < 1.29 is 20.1 Å². The van der Waals surface area contributed by atoms with E-state index in [1.807, 2.05) is 46.8 Å². The van der Waals surface area contributed by atoms with Gasteiger partial charge in [0.15, 0.2) is 0 Å². The molecule has 0 heterocycles. The highest BCUT2D eigenvalue weighted by Gasteiger charge is 2.47. The van der Waals surface area contributed by atoms with Crippen molar-refractivity contribution in [1.82, 2.24) is 0 Å². The number of rotatable bonds is 8. The molecule has 0 aromatic rings. The number of aliphatic hydroxyl groups is 2. The van der Waals surface area contributed by atoms with Crippen LogP contribution in [0.15, 0.2) is 59.8 Å². The molecule has 3 aliphatic rings. The highest BCUT2D eigenvalue weighted by Crippen LogP contribution is 2.57.